The highest BCUT2D eigenvalue weighted by Crippen LogP contribution is 2.23. The summed E-state index contributed by atoms with van der Waals surface area (Å²) in [5, 5.41) is 45.5. The van der Waals surface area contributed by atoms with Gasteiger partial charge in [-0.1, -0.05) is 0 Å². The van der Waals surface area contributed by atoms with Crippen molar-refractivity contribution < 1.29 is 53.9 Å². The highest BCUT2D eigenvalue weighted by molar-refractivity contribution is 5.92. The van der Waals surface area contributed by atoms with Crippen LogP contribution in [0.5, 0.6) is 0 Å². The maximum absolute atomic E-state index is 12.5. The first-order valence-corrected chi connectivity index (χ1v) is 10.4. The van der Waals surface area contributed by atoms with E-state index in [-0.39, 0.29) is 6.42 Å². The van der Waals surface area contributed by atoms with Gasteiger partial charge in [0.15, 0.2) is 6.29 Å². The number of hydrogen-bond donors (Lipinski definition) is 8. The average molecular weight is 492 g/mol. The number of nitrogens with one attached hydrogen (secondary N) is 3. The Morgan fingerprint density at radius 1 is 1.09 bits per heavy atom. The molecule has 1 saturated heterocycles. The number of amides is 4. The van der Waals surface area contributed by atoms with Crippen molar-refractivity contribution >= 4 is 29.6 Å². The van der Waals surface area contributed by atoms with Crippen molar-refractivity contribution in [2.45, 2.75) is 82.4 Å². The number of carbonyl (C=O) groups is 5. The molecule has 1 heterocycles. The Labute approximate surface area is 195 Å². The van der Waals surface area contributed by atoms with Gasteiger partial charge in [-0.25, -0.2) is 0 Å². The first-order valence-electron chi connectivity index (χ1n) is 10.4. The Hall–Kier alpha value is -2.85. The normalized spacial score (nSPS) is 27.1. The Balaban J connectivity index is 2.80. The second kappa shape index (κ2) is 13.1. The molecule has 0 aromatic carbocycles. The van der Waals surface area contributed by atoms with Crippen LogP contribution in [0.25, 0.3) is 0 Å². The van der Waals surface area contributed by atoms with Crippen LogP contribution < -0.4 is 21.7 Å². The molecule has 9 N–H and O–H groups in total. The van der Waals surface area contributed by atoms with Crippen LogP contribution in [0.2, 0.25) is 0 Å². The first-order chi connectivity index (χ1) is 15.8. The van der Waals surface area contributed by atoms with Crippen molar-refractivity contribution in [1.82, 2.24) is 16.0 Å². The zero-order valence-corrected chi connectivity index (χ0v) is 19.0. The largest absolute Gasteiger partial charge is 0.481 e. The summed E-state index contributed by atoms with van der Waals surface area (Å²) in [6.45, 7) is 3.06. The van der Waals surface area contributed by atoms with E-state index in [1.807, 2.05) is 0 Å². The number of aliphatic hydroxyl groups excluding tert-OH is 3. The number of carbonyl (C=O) groups excluding carboxylic acids is 4. The first kappa shape index (κ1) is 29.2. The van der Waals surface area contributed by atoms with E-state index < -0.39 is 91.5 Å². The predicted octanol–water partition coefficient (Wildman–Crippen LogP) is -4.33. The zero-order valence-electron chi connectivity index (χ0n) is 19.0. The summed E-state index contributed by atoms with van der Waals surface area (Å²) in [7, 11) is 0. The third-order valence-electron chi connectivity index (χ3n) is 5.03. The van der Waals surface area contributed by atoms with Crippen molar-refractivity contribution in [1.29, 1.82) is 0 Å². The lowest BCUT2D eigenvalue weighted by atomic mass is 9.96. The minimum atomic E-state index is -1.65. The molecule has 0 spiro atoms. The van der Waals surface area contributed by atoms with Crippen LogP contribution in [0.4, 0.5) is 0 Å². The summed E-state index contributed by atoms with van der Waals surface area (Å²) < 4.78 is 10.6. The Morgan fingerprint density at radius 2 is 1.71 bits per heavy atom. The second-order valence-electron chi connectivity index (χ2n) is 7.83. The van der Waals surface area contributed by atoms with Crippen LogP contribution in [-0.4, -0.2) is 105 Å². The number of aliphatic carboxylic acids is 1. The van der Waals surface area contributed by atoms with Gasteiger partial charge in [0.05, 0.1) is 6.61 Å². The van der Waals surface area contributed by atoms with Gasteiger partial charge >= 0.3 is 5.97 Å². The second-order valence-corrected chi connectivity index (χ2v) is 7.83. The topological polar surface area (TPSA) is 247 Å². The molecule has 15 nitrogen and oxygen atoms in total. The summed E-state index contributed by atoms with van der Waals surface area (Å²) in [6.07, 6.45) is -7.74. The van der Waals surface area contributed by atoms with Gasteiger partial charge in [-0.3, -0.25) is 24.0 Å². The quantitative estimate of drug-likeness (QED) is 0.129. The molecule has 8 atom stereocenters. The van der Waals surface area contributed by atoms with Crippen molar-refractivity contribution in [3.05, 3.63) is 0 Å². The summed E-state index contributed by atoms with van der Waals surface area (Å²) in [5.41, 5.74) is 5.16. The fourth-order valence-corrected chi connectivity index (χ4v) is 3.18. The molecule has 15 heteroatoms. The summed E-state index contributed by atoms with van der Waals surface area (Å²) >= 11 is 0. The third-order valence-corrected chi connectivity index (χ3v) is 5.03. The fraction of sp³-hybridized carbons (Fsp3) is 0.737. The van der Waals surface area contributed by atoms with Gasteiger partial charge < -0.3 is 51.6 Å². The standard InChI is InChI=1S/C19H32N4O11/c1-7(17(30)23-10(16(20)29)4-5-12(26)27)21-18(31)8(2)33-15-13(22-9(3)25)19(32)34-11(6-24)14(15)28/h7-8,10-11,13-15,19,24,28,32H,4-6H2,1-3H3,(H2,20,29)(H,21,31)(H,22,25)(H,23,30)(H,26,27)/t7-,8-,10-,11-,13-,14-,15-,19+/m1/s1. The molecule has 34 heavy (non-hydrogen) atoms. The number of ether oxygens (including phenoxy) is 2. The van der Waals surface area contributed by atoms with Crippen LogP contribution in [0.1, 0.15) is 33.6 Å². The predicted molar refractivity (Wildman–Crippen MR) is 112 cm³/mol. The summed E-state index contributed by atoms with van der Waals surface area (Å²) in [5.74, 6) is -4.34. The SMILES string of the molecule is CC(=O)N[C@@H]1[C@@H](O[C@H](C)C(=O)N[C@H](C)C(=O)N[C@H](CCC(=O)O)C(N)=O)[C@H](O)[C@@H](CO)O[C@@H]1O. The van der Waals surface area contributed by atoms with Crippen LogP contribution in [-0.2, 0) is 33.4 Å². The van der Waals surface area contributed by atoms with Gasteiger partial charge in [-0.05, 0) is 20.3 Å². The lowest BCUT2D eigenvalue weighted by Gasteiger charge is -2.43. The van der Waals surface area contributed by atoms with Crippen LogP contribution >= 0.6 is 0 Å². The molecule has 0 aromatic rings. The van der Waals surface area contributed by atoms with E-state index in [4.69, 9.17) is 20.3 Å². The van der Waals surface area contributed by atoms with E-state index in [9.17, 15) is 39.3 Å². The minimum Gasteiger partial charge on any atom is -0.481 e. The average Bonchev–Trinajstić information content (AvgIpc) is 2.74. The molecule has 0 bridgehead atoms. The van der Waals surface area contributed by atoms with E-state index >= 15 is 0 Å². The zero-order chi connectivity index (χ0) is 26.2. The van der Waals surface area contributed by atoms with Gasteiger partial charge in [0.25, 0.3) is 0 Å². The maximum Gasteiger partial charge on any atom is 0.303 e. The van der Waals surface area contributed by atoms with Gasteiger partial charge in [0, 0.05) is 13.3 Å². The molecule has 0 aromatic heterocycles. The molecular weight excluding hydrogens is 460 g/mol. The number of carboxylic acids is 1. The number of nitrogens with two attached hydrogens (primary N) is 1. The number of primary amides is 1. The Kier molecular flexibility index (Phi) is 11.3. The number of carboxylic acid groups (broad SMARTS) is 1. The van der Waals surface area contributed by atoms with Crippen LogP contribution in [0, 0.1) is 0 Å². The molecule has 0 unspecified atom stereocenters. The van der Waals surface area contributed by atoms with Crippen molar-refractivity contribution in [2.75, 3.05) is 6.61 Å². The van der Waals surface area contributed by atoms with E-state index in [1.54, 1.807) is 0 Å². The van der Waals surface area contributed by atoms with Crippen LogP contribution in [0.3, 0.4) is 0 Å². The molecule has 0 aliphatic carbocycles. The summed E-state index contributed by atoms with van der Waals surface area (Å²) in [6, 6.07) is -3.71. The number of rotatable bonds is 12. The van der Waals surface area contributed by atoms with E-state index in [0.29, 0.717) is 0 Å². The number of hydrogen-bond acceptors (Lipinski definition) is 10. The van der Waals surface area contributed by atoms with Gasteiger partial charge in [-0.15, -0.1) is 0 Å². The molecule has 0 radical (unpaired) electrons. The fourth-order valence-electron chi connectivity index (χ4n) is 3.18. The van der Waals surface area contributed by atoms with Gasteiger partial charge in [0.1, 0.15) is 42.5 Å². The maximum atomic E-state index is 12.5. The minimum absolute atomic E-state index is 0.239. The van der Waals surface area contributed by atoms with Gasteiger partial charge in [-0.2, -0.15) is 0 Å². The number of aliphatic hydroxyl groups is 3. The highest BCUT2D eigenvalue weighted by Gasteiger charge is 2.47. The molecule has 0 saturated carbocycles. The van der Waals surface area contributed by atoms with E-state index in [2.05, 4.69) is 16.0 Å². The Bertz CT molecular complexity index is 765. The molecule has 1 aliphatic rings. The molecule has 1 rings (SSSR count). The smallest absolute Gasteiger partial charge is 0.303 e. The lowest BCUT2D eigenvalue weighted by Crippen LogP contribution is -2.65. The third kappa shape index (κ3) is 8.49. The van der Waals surface area contributed by atoms with E-state index in [0.717, 1.165) is 6.92 Å². The summed E-state index contributed by atoms with van der Waals surface area (Å²) in [4.78, 5) is 58.4. The monoisotopic (exact) mass is 492 g/mol. The van der Waals surface area contributed by atoms with Gasteiger partial charge in [0.2, 0.25) is 23.6 Å². The molecule has 4 amide bonds. The molecular formula is C19H32N4O11. The molecule has 194 valence electrons. The van der Waals surface area contributed by atoms with Crippen LogP contribution in [0.15, 0.2) is 0 Å². The van der Waals surface area contributed by atoms with Crippen molar-refractivity contribution in [3.8, 4) is 0 Å². The van der Waals surface area contributed by atoms with Crippen molar-refractivity contribution in [2.24, 2.45) is 5.73 Å². The molecule has 1 aliphatic heterocycles. The molecule has 1 fully saturated rings. The Morgan fingerprint density at radius 3 is 2.21 bits per heavy atom. The lowest BCUT2D eigenvalue weighted by molar-refractivity contribution is -0.266. The van der Waals surface area contributed by atoms with Crippen molar-refractivity contribution in [3.63, 3.8) is 0 Å². The van der Waals surface area contributed by atoms with E-state index in [1.165, 1.54) is 13.8 Å². The highest BCUT2D eigenvalue weighted by atomic mass is 16.6.